The molecule has 4 heteroatoms. The fraction of sp³-hybridized carbons (Fsp3) is 0.455. The number of sulfone groups is 1. The van der Waals surface area contributed by atoms with Crippen LogP contribution >= 0.6 is 15.9 Å². The monoisotopic (exact) mass is 290 g/mol. The summed E-state index contributed by atoms with van der Waals surface area (Å²) in [5.74, 6) is 0.381. The van der Waals surface area contributed by atoms with Crippen molar-refractivity contribution < 1.29 is 8.42 Å². The molecule has 0 radical (unpaired) electrons. The zero-order valence-electron chi connectivity index (χ0n) is 8.90. The van der Waals surface area contributed by atoms with E-state index in [1.807, 2.05) is 6.07 Å². The largest absolute Gasteiger partial charge is 0.224 e. The Hall–Kier alpha value is -0.350. The summed E-state index contributed by atoms with van der Waals surface area (Å²) >= 11 is 3.39. The Morgan fingerprint density at radius 1 is 1.40 bits per heavy atom. The lowest BCUT2D eigenvalue weighted by atomic mass is 9.99. The Balaban J connectivity index is 3.03. The fourth-order valence-electron chi connectivity index (χ4n) is 1.38. The van der Waals surface area contributed by atoms with E-state index >= 15 is 0 Å². The van der Waals surface area contributed by atoms with E-state index in [0.717, 1.165) is 17.3 Å². The van der Waals surface area contributed by atoms with Gasteiger partial charge in [0.15, 0.2) is 9.84 Å². The van der Waals surface area contributed by atoms with Gasteiger partial charge in [0.2, 0.25) is 0 Å². The third-order valence-corrected chi connectivity index (χ3v) is 3.97. The molecule has 15 heavy (non-hydrogen) atoms. The first-order valence-electron chi connectivity index (χ1n) is 4.81. The molecule has 0 heterocycles. The van der Waals surface area contributed by atoms with Gasteiger partial charge in [-0.3, -0.25) is 0 Å². The van der Waals surface area contributed by atoms with Gasteiger partial charge in [0, 0.05) is 11.6 Å². The smallest absolute Gasteiger partial charge is 0.175 e. The molecule has 2 nitrogen and oxygen atoms in total. The molecule has 0 saturated carbocycles. The van der Waals surface area contributed by atoms with Crippen molar-refractivity contribution in [2.75, 3.05) is 11.6 Å². The van der Waals surface area contributed by atoms with E-state index in [-0.39, 0.29) is 0 Å². The molecule has 0 spiro atoms. The van der Waals surface area contributed by atoms with E-state index < -0.39 is 9.84 Å². The van der Waals surface area contributed by atoms with Gasteiger partial charge in [-0.05, 0) is 30.0 Å². The lowest BCUT2D eigenvalue weighted by Gasteiger charge is -2.10. The highest BCUT2D eigenvalue weighted by Crippen LogP contribution is 2.22. The van der Waals surface area contributed by atoms with Gasteiger partial charge in [0.1, 0.15) is 0 Å². The molecule has 1 aromatic rings. The number of hydrogen-bond acceptors (Lipinski definition) is 2. The second-order valence-corrected chi connectivity index (χ2v) is 6.53. The number of rotatable bonds is 4. The molecule has 84 valence electrons. The first kappa shape index (κ1) is 12.7. The standard InChI is InChI=1S/C11H15BrO2S/c1-9(6-7-12)10-4-3-5-11(8-10)15(2,13)14/h3-5,8-9H,6-7H2,1-2H3. The summed E-state index contributed by atoms with van der Waals surface area (Å²) in [5, 5.41) is 0.928. The van der Waals surface area contributed by atoms with E-state index in [4.69, 9.17) is 0 Å². The van der Waals surface area contributed by atoms with Gasteiger partial charge in [-0.2, -0.15) is 0 Å². The van der Waals surface area contributed by atoms with Gasteiger partial charge in [-0.1, -0.05) is 35.0 Å². The van der Waals surface area contributed by atoms with E-state index in [9.17, 15) is 8.42 Å². The van der Waals surface area contributed by atoms with Crippen molar-refractivity contribution >= 4 is 25.8 Å². The lowest BCUT2D eigenvalue weighted by molar-refractivity contribution is 0.601. The summed E-state index contributed by atoms with van der Waals surface area (Å²) < 4.78 is 22.7. The van der Waals surface area contributed by atoms with E-state index in [1.165, 1.54) is 6.26 Å². The van der Waals surface area contributed by atoms with Crippen molar-refractivity contribution in [1.82, 2.24) is 0 Å². The third kappa shape index (κ3) is 3.61. The number of halogens is 1. The summed E-state index contributed by atoms with van der Waals surface area (Å²) in [5.41, 5.74) is 1.08. The maximum absolute atomic E-state index is 11.4. The second-order valence-electron chi connectivity index (χ2n) is 3.72. The van der Waals surface area contributed by atoms with E-state index in [2.05, 4.69) is 22.9 Å². The molecule has 0 aliphatic rings. The van der Waals surface area contributed by atoms with Gasteiger partial charge in [-0.15, -0.1) is 0 Å². The summed E-state index contributed by atoms with van der Waals surface area (Å²) in [6, 6.07) is 7.18. The fourth-order valence-corrected chi connectivity index (χ4v) is 2.74. The SMILES string of the molecule is CC(CCBr)c1cccc(S(C)(=O)=O)c1. The highest BCUT2D eigenvalue weighted by molar-refractivity contribution is 9.09. The van der Waals surface area contributed by atoms with Crippen LogP contribution in [0.25, 0.3) is 0 Å². The first-order valence-corrected chi connectivity index (χ1v) is 7.82. The lowest BCUT2D eigenvalue weighted by Crippen LogP contribution is -2.00. The zero-order chi connectivity index (χ0) is 11.5. The minimum atomic E-state index is -3.09. The molecular weight excluding hydrogens is 276 g/mol. The molecule has 1 atom stereocenters. The molecule has 0 amide bonds. The van der Waals surface area contributed by atoms with Crippen molar-refractivity contribution in [2.24, 2.45) is 0 Å². The molecule has 0 aliphatic heterocycles. The van der Waals surface area contributed by atoms with Crippen LogP contribution in [0.1, 0.15) is 24.8 Å². The Labute approximate surface area is 99.7 Å². The first-order chi connectivity index (χ1) is 6.95. The summed E-state index contributed by atoms with van der Waals surface area (Å²) in [6.45, 7) is 2.10. The Morgan fingerprint density at radius 3 is 2.60 bits per heavy atom. The number of hydrogen-bond donors (Lipinski definition) is 0. The zero-order valence-corrected chi connectivity index (χ0v) is 11.3. The quantitative estimate of drug-likeness (QED) is 0.799. The van der Waals surface area contributed by atoms with Crippen LogP contribution in [0.15, 0.2) is 29.2 Å². The predicted molar refractivity (Wildman–Crippen MR) is 66.4 cm³/mol. The Kier molecular flexibility index (Phi) is 4.34. The van der Waals surface area contributed by atoms with Crippen LogP contribution in [0.4, 0.5) is 0 Å². The average molecular weight is 291 g/mol. The molecule has 0 bridgehead atoms. The van der Waals surface area contributed by atoms with Crippen LogP contribution in [0.2, 0.25) is 0 Å². The minimum Gasteiger partial charge on any atom is -0.224 e. The van der Waals surface area contributed by atoms with Gasteiger partial charge < -0.3 is 0 Å². The molecule has 1 unspecified atom stereocenters. The second kappa shape index (κ2) is 5.12. The highest BCUT2D eigenvalue weighted by Gasteiger charge is 2.10. The maximum Gasteiger partial charge on any atom is 0.175 e. The molecule has 0 aliphatic carbocycles. The summed E-state index contributed by atoms with van der Waals surface area (Å²) in [7, 11) is -3.09. The van der Waals surface area contributed by atoms with Crippen LogP contribution in [0.3, 0.4) is 0 Å². The van der Waals surface area contributed by atoms with Crippen molar-refractivity contribution in [2.45, 2.75) is 24.2 Å². The van der Waals surface area contributed by atoms with Crippen molar-refractivity contribution in [3.63, 3.8) is 0 Å². The highest BCUT2D eigenvalue weighted by atomic mass is 79.9. The summed E-state index contributed by atoms with van der Waals surface area (Å²) in [4.78, 5) is 0.404. The van der Waals surface area contributed by atoms with Crippen LogP contribution in [0.5, 0.6) is 0 Å². The van der Waals surface area contributed by atoms with Gasteiger partial charge in [-0.25, -0.2) is 8.42 Å². The molecule has 0 aromatic heterocycles. The Bertz CT molecular complexity index is 426. The number of alkyl halides is 1. The van der Waals surface area contributed by atoms with Crippen LogP contribution in [-0.4, -0.2) is 20.0 Å². The van der Waals surface area contributed by atoms with E-state index in [1.54, 1.807) is 18.2 Å². The average Bonchev–Trinajstić information content (AvgIpc) is 2.17. The van der Waals surface area contributed by atoms with Crippen LogP contribution in [0, 0.1) is 0 Å². The molecular formula is C11H15BrO2S. The van der Waals surface area contributed by atoms with Crippen LogP contribution in [-0.2, 0) is 9.84 Å². The third-order valence-electron chi connectivity index (χ3n) is 2.40. The molecule has 1 aromatic carbocycles. The van der Waals surface area contributed by atoms with Gasteiger partial charge >= 0.3 is 0 Å². The minimum absolute atomic E-state index is 0.381. The van der Waals surface area contributed by atoms with Crippen molar-refractivity contribution in [3.8, 4) is 0 Å². The molecule has 1 rings (SSSR count). The van der Waals surface area contributed by atoms with E-state index in [0.29, 0.717) is 10.8 Å². The number of benzene rings is 1. The molecule has 0 fully saturated rings. The normalized spacial score (nSPS) is 13.8. The van der Waals surface area contributed by atoms with Crippen molar-refractivity contribution in [3.05, 3.63) is 29.8 Å². The molecule has 0 N–H and O–H groups in total. The predicted octanol–water partition coefficient (Wildman–Crippen LogP) is 2.98. The van der Waals surface area contributed by atoms with Gasteiger partial charge in [0.05, 0.1) is 4.90 Å². The maximum atomic E-state index is 11.4. The van der Waals surface area contributed by atoms with Crippen LogP contribution < -0.4 is 0 Å². The Morgan fingerprint density at radius 2 is 2.07 bits per heavy atom. The van der Waals surface area contributed by atoms with Gasteiger partial charge in [0.25, 0.3) is 0 Å². The van der Waals surface area contributed by atoms with Crippen molar-refractivity contribution in [1.29, 1.82) is 0 Å². The summed E-state index contributed by atoms with van der Waals surface area (Å²) in [6.07, 6.45) is 2.24. The topological polar surface area (TPSA) is 34.1 Å². The molecule has 0 saturated heterocycles.